The molecule has 0 bridgehead atoms. The van der Waals surface area contributed by atoms with Crippen LogP contribution in [0, 0.1) is 6.92 Å². The van der Waals surface area contributed by atoms with Crippen LogP contribution in [0.1, 0.15) is 17.1 Å². The van der Waals surface area contributed by atoms with Gasteiger partial charge in [0.1, 0.15) is 30.7 Å². The van der Waals surface area contributed by atoms with Gasteiger partial charge in [0, 0.05) is 12.1 Å². The Balaban J connectivity index is 2.12. The monoisotopic (exact) mass is 206 g/mol. The van der Waals surface area contributed by atoms with Gasteiger partial charge in [0.25, 0.3) is 0 Å². The van der Waals surface area contributed by atoms with Crippen LogP contribution >= 0.6 is 0 Å². The first-order valence-corrected chi connectivity index (χ1v) is 4.85. The van der Waals surface area contributed by atoms with Gasteiger partial charge in [-0.1, -0.05) is 0 Å². The molecule has 0 aliphatic heterocycles. The molecule has 2 aromatic heterocycles. The van der Waals surface area contributed by atoms with Crippen molar-refractivity contribution in [1.82, 2.24) is 20.1 Å². The fourth-order valence-electron chi connectivity index (χ4n) is 1.51. The van der Waals surface area contributed by atoms with Crippen molar-refractivity contribution in [2.24, 2.45) is 0 Å². The Kier molecular flexibility index (Phi) is 2.82. The molecule has 0 saturated heterocycles. The number of hydrogen-bond donors (Lipinski definition) is 1. The molecule has 0 radical (unpaired) electrons. The van der Waals surface area contributed by atoms with Crippen LogP contribution < -0.4 is 5.32 Å². The van der Waals surface area contributed by atoms with Crippen molar-refractivity contribution >= 4 is 0 Å². The van der Waals surface area contributed by atoms with Crippen LogP contribution in [0.2, 0.25) is 0 Å². The Morgan fingerprint density at radius 3 is 3.07 bits per heavy atom. The van der Waals surface area contributed by atoms with Crippen molar-refractivity contribution in [2.45, 2.75) is 20.0 Å². The van der Waals surface area contributed by atoms with Gasteiger partial charge in [0.05, 0.1) is 0 Å². The fraction of sp³-hybridized carbons (Fsp3) is 0.400. The third-order valence-corrected chi connectivity index (χ3v) is 2.22. The maximum absolute atomic E-state index is 5.61. The van der Waals surface area contributed by atoms with Crippen molar-refractivity contribution in [3.05, 3.63) is 35.8 Å². The maximum atomic E-state index is 5.61. The van der Waals surface area contributed by atoms with Gasteiger partial charge in [0.2, 0.25) is 0 Å². The highest BCUT2D eigenvalue weighted by Crippen LogP contribution is 2.14. The van der Waals surface area contributed by atoms with Gasteiger partial charge in [-0.2, -0.15) is 5.10 Å². The molecule has 15 heavy (non-hydrogen) atoms. The lowest BCUT2D eigenvalue weighted by Crippen LogP contribution is -2.04. The average Bonchev–Trinajstić information content (AvgIpc) is 2.79. The van der Waals surface area contributed by atoms with Crippen molar-refractivity contribution in [3.8, 4) is 0 Å². The predicted molar refractivity (Wildman–Crippen MR) is 55.3 cm³/mol. The summed E-state index contributed by atoms with van der Waals surface area (Å²) < 4.78 is 7.35. The summed E-state index contributed by atoms with van der Waals surface area (Å²) in [6.45, 7) is 3.43. The molecular weight excluding hydrogens is 192 g/mol. The second-order valence-corrected chi connectivity index (χ2v) is 3.42. The third-order valence-electron chi connectivity index (χ3n) is 2.22. The molecule has 2 heterocycles. The highest BCUT2D eigenvalue weighted by atomic mass is 16.3. The summed E-state index contributed by atoms with van der Waals surface area (Å²) in [7, 11) is 1.92. The molecule has 5 nitrogen and oxygen atoms in total. The summed E-state index contributed by atoms with van der Waals surface area (Å²) in [5, 5.41) is 7.13. The van der Waals surface area contributed by atoms with Crippen molar-refractivity contribution in [1.29, 1.82) is 0 Å². The summed E-state index contributed by atoms with van der Waals surface area (Å²) in [4.78, 5) is 3.88. The minimum Gasteiger partial charge on any atom is -0.464 e. The van der Waals surface area contributed by atoms with Crippen LogP contribution in [-0.4, -0.2) is 21.8 Å². The number of nitrogens with one attached hydrogen (secondary N) is 1. The summed E-state index contributed by atoms with van der Waals surface area (Å²) in [6.07, 6.45) is 3.19. The molecule has 0 unspecified atom stereocenters. The number of rotatable bonds is 4. The zero-order valence-electron chi connectivity index (χ0n) is 8.90. The van der Waals surface area contributed by atoms with Crippen LogP contribution in [0.5, 0.6) is 0 Å². The first-order chi connectivity index (χ1) is 7.29. The van der Waals surface area contributed by atoms with Crippen LogP contribution in [0.25, 0.3) is 0 Å². The lowest BCUT2D eigenvalue weighted by molar-refractivity contribution is 0.456. The molecule has 0 amide bonds. The molecule has 0 atom stereocenters. The van der Waals surface area contributed by atoms with E-state index in [1.807, 2.05) is 20.0 Å². The first kappa shape index (κ1) is 9.92. The Hall–Kier alpha value is -1.62. The molecule has 0 fully saturated rings. The molecule has 2 rings (SSSR count). The lowest BCUT2D eigenvalue weighted by Gasteiger charge is -1.94. The van der Waals surface area contributed by atoms with Gasteiger partial charge in [-0.3, -0.25) is 0 Å². The van der Waals surface area contributed by atoms with E-state index in [1.165, 1.54) is 11.9 Å². The number of hydrogen-bond acceptors (Lipinski definition) is 4. The van der Waals surface area contributed by atoms with Gasteiger partial charge in [-0.05, 0) is 20.0 Å². The zero-order valence-corrected chi connectivity index (χ0v) is 8.90. The van der Waals surface area contributed by atoms with E-state index in [0.717, 1.165) is 18.1 Å². The summed E-state index contributed by atoms with van der Waals surface area (Å²) in [5.74, 6) is 1.86. The van der Waals surface area contributed by atoms with E-state index >= 15 is 0 Å². The van der Waals surface area contributed by atoms with E-state index in [9.17, 15) is 0 Å². The molecule has 1 N–H and O–H groups in total. The lowest BCUT2D eigenvalue weighted by atomic mass is 10.2. The predicted octanol–water partition coefficient (Wildman–Crippen LogP) is 0.947. The van der Waals surface area contributed by atoms with Crippen LogP contribution in [0.3, 0.4) is 0 Å². The van der Waals surface area contributed by atoms with E-state index < -0.39 is 0 Å². The summed E-state index contributed by atoms with van der Waals surface area (Å²) >= 11 is 0. The molecule has 0 aliphatic rings. The number of aromatic nitrogens is 3. The zero-order chi connectivity index (χ0) is 10.7. The SMILES string of the molecule is CNCc1cc(Cn2cncn2)oc1C. The smallest absolute Gasteiger partial charge is 0.137 e. The Morgan fingerprint density at radius 2 is 2.40 bits per heavy atom. The number of aryl methyl sites for hydroxylation is 1. The molecule has 5 heteroatoms. The second-order valence-electron chi connectivity index (χ2n) is 3.42. The van der Waals surface area contributed by atoms with E-state index in [-0.39, 0.29) is 0 Å². The van der Waals surface area contributed by atoms with Crippen LogP contribution in [-0.2, 0) is 13.1 Å². The second kappa shape index (κ2) is 4.27. The number of nitrogens with zero attached hydrogens (tertiary/aromatic N) is 3. The minimum atomic E-state index is 0.630. The van der Waals surface area contributed by atoms with Gasteiger partial charge in [-0.25, -0.2) is 9.67 Å². The maximum Gasteiger partial charge on any atom is 0.137 e. The largest absolute Gasteiger partial charge is 0.464 e. The summed E-state index contributed by atoms with van der Waals surface area (Å²) in [6, 6.07) is 2.05. The quantitative estimate of drug-likeness (QED) is 0.809. The van der Waals surface area contributed by atoms with E-state index in [1.54, 1.807) is 11.0 Å². The Bertz CT molecular complexity index is 419. The van der Waals surface area contributed by atoms with Gasteiger partial charge in [0.15, 0.2) is 0 Å². The molecule has 0 aromatic carbocycles. The molecular formula is C10H14N4O. The standard InChI is InChI=1S/C10H14N4O/c1-8-9(4-11-2)3-10(15-8)5-14-7-12-6-13-14/h3,6-7,11H,4-5H2,1-2H3. The Morgan fingerprint density at radius 1 is 1.53 bits per heavy atom. The normalized spacial score (nSPS) is 10.8. The summed E-state index contributed by atoms with van der Waals surface area (Å²) in [5.41, 5.74) is 1.19. The highest BCUT2D eigenvalue weighted by Gasteiger charge is 2.07. The van der Waals surface area contributed by atoms with Crippen LogP contribution in [0.15, 0.2) is 23.1 Å². The van der Waals surface area contributed by atoms with Crippen molar-refractivity contribution < 1.29 is 4.42 Å². The minimum absolute atomic E-state index is 0.630. The van der Waals surface area contributed by atoms with E-state index in [2.05, 4.69) is 15.4 Å². The van der Waals surface area contributed by atoms with Gasteiger partial charge >= 0.3 is 0 Å². The molecule has 0 saturated carbocycles. The Labute approximate surface area is 88.1 Å². The third kappa shape index (κ3) is 2.24. The van der Waals surface area contributed by atoms with E-state index in [0.29, 0.717) is 6.54 Å². The van der Waals surface area contributed by atoms with Crippen LogP contribution in [0.4, 0.5) is 0 Å². The molecule has 0 spiro atoms. The van der Waals surface area contributed by atoms with Crippen molar-refractivity contribution in [3.63, 3.8) is 0 Å². The molecule has 80 valence electrons. The average molecular weight is 206 g/mol. The first-order valence-electron chi connectivity index (χ1n) is 4.85. The fourth-order valence-corrected chi connectivity index (χ4v) is 1.51. The van der Waals surface area contributed by atoms with Gasteiger partial charge in [-0.15, -0.1) is 0 Å². The topological polar surface area (TPSA) is 55.9 Å². The van der Waals surface area contributed by atoms with Gasteiger partial charge < -0.3 is 9.73 Å². The molecule has 0 aliphatic carbocycles. The van der Waals surface area contributed by atoms with Crippen molar-refractivity contribution in [2.75, 3.05) is 7.05 Å². The number of furan rings is 1. The molecule has 2 aromatic rings. The highest BCUT2D eigenvalue weighted by molar-refractivity contribution is 5.20. The van der Waals surface area contributed by atoms with E-state index in [4.69, 9.17) is 4.42 Å².